The Morgan fingerprint density at radius 2 is 1.89 bits per heavy atom. The molecule has 3 aromatic rings. The summed E-state index contributed by atoms with van der Waals surface area (Å²) in [6, 6.07) is 6.58. The zero-order valence-corrected chi connectivity index (χ0v) is 16.4. The highest BCUT2D eigenvalue weighted by Gasteiger charge is 2.25. The number of hydrogen-bond acceptors (Lipinski definition) is 6. The van der Waals surface area contributed by atoms with E-state index in [2.05, 4.69) is 0 Å². The van der Waals surface area contributed by atoms with E-state index in [1.54, 1.807) is 0 Å². The summed E-state index contributed by atoms with van der Waals surface area (Å²) in [5, 5.41) is 9.22. The highest BCUT2D eigenvalue weighted by atomic mass is 32.2. The summed E-state index contributed by atoms with van der Waals surface area (Å²) in [5.74, 6) is -0.965. The summed E-state index contributed by atoms with van der Waals surface area (Å²) >= 11 is 0. The summed E-state index contributed by atoms with van der Waals surface area (Å²) in [6.45, 7) is 2.24. The van der Waals surface area contributed by atoms with Crippen molar-refractivity contribution >= 4 is 37.9 Å². The Bertz CT molecular complexity index is 1240. The Kier molecular flexibility index (Phi) is 5.14. The van der Waals surface area contributed by atoms with Crippen LogP contribution in [-0.4, -0.2) is 44.5 Å². The van der Waals surface area contributed by atoms with Crippen molar-refractivity contribution in [3.63, 3.8) is 0 Å². The van der Waals surface area contributed by atoms with Crippen molar-refractivity contribution in [2.75, 3.05) is 20.7 Å². The van der Waals surface area contributed by atoms with Crippen LogP contribution < -0.4 is 10.2 Å². The number of hydrogen-bond donors (Lipinski definition) is 1. The van der Waals surface area contributed by atoms with Gasteiger partial charge in [-0.05, 0) is 30.7 Å². The molecule has 0 spiro atoms. The van der Waals surface area contributed by atoms with Crippen LogP contribution in [0.25, 0.3) is 21.9 Å². The van der Waals surface area contributed by atoms with Gasteiger partial charge in [0.25, 0.3) is 0 Å². The minimum absolute atomic E-state index is 0.00377. The average Bonchev–Trinajstić information content (AvgIpc) is 2.65. The third-order valence-corrected chi connectivity index (χ3v) is 6.01. The number of ether oxygens (including phenoxy) is 1. The molecule has 0 saturated carbocycles. The molecule has 1 N–H and O–H groups in total. The summed E-state index contributed by atoms with van der Waals surface area (Å²) < 4.78 is 37.9. The van der Waals surface area contributed by atoms with Gasteiger partial charge in [-0.15, -0.1) is 0 Å². The van der Waals surface area contributed by atoms with E-state index in [4.69, 9.17) is 14.3 Å². The van der Waals surface area contributed by atoms with Crippen molar-refractivity contribution in [1.29, 1.82) is 0 Å². The van der Waals surface area contributed by atoms with E-state index in [9.17, 15) is 18.0 Å². The molecule has 1 heterocycles. The van der Waals surface area contributed by atoms with Crippen LogP contribution >= 0.6 is 0 Å². The highest BCUT2D eigenvalue weighted by molar-refractivity contribution is 7.89. The first-order valence-electron chi connectivity index (χ1n) is 8.50. The highest BCUT2D eigenvalue weighted by Crippen LogP contribution is 2.31. The van der Waals surface area contributed by atoms with Crippen LogP contribution in [0.3, 0.4) is 0 Å². The van der Waals surface area contributed by atoms with Crippen LogP contribution in [0.1, 0.15) is 23.7 Å². The van der Waals surface area contributed by atoms with Crippen molar-refractivity contribution in [3.05, 3.63) is 46.1 Å². The summed E-state index contributed by atoms with van der Waals surface area (Å²) in [5.41, 5.74) is -0.603. The molecule has 0 amide bonds. The maximum Gasteiger partial charge on any atom is 0.335 e. The van der Waals surface area contributed by atoms with Crippen LogP contribution in [0, 0.1) is 0 Å². The van der Waals surface area contributed by atoms with Crippen molar-refractivity contribution in [1.82, 2.24) is 4.31 Å². The minimum atomic E-state index is -3.93. The van der Waals surface area contributed by atoms with Gasteiger partial charge in [-0.1, -0.05) is 6.92 Å². The predicted octanol–water partition coefficient (Wildman–Crippen LogP) is 2.68. The lowest BCUT2D eigenvalue weighted by Crippen LogP contribution is -2.23. The van der Waals surface area contributed by atoms with Crippen LogP contribution in [0.15, 0.2) is 44.4 Å². The van der Waals surface area contributed by atoms with Crippen LogP contribution in [-0.2, 0) is 10.0 Å². The fraction of sp³-hybridized carbons (Fsp3) is 0.263. The zero-order valence-electron chi connectivity index (χ0n) is 15.6. The molecule has 0 aliphatic carbocycles. The van der Waals surface area contributed by atoms with Gasteiger partial charge in [0.1, 0.15) is 16.2 Å². The summed E-state index contributed by atoms with van der Waals surface area (Å²) in [6.07, 6.45) is 0.697. The molecular formula is C19H19NO7S. The Morgan fingerprint density at radius 3 is 2.50 bits per heavy atom. The Morgan fingerprint density at radius 1 is 1.18 bits per heavy atom. The van der Waals surface area contributed by atoms with Crippen molar-refractivity contribution < 1.29 is 27.5 Å². The molecule has 1 aromatic heterocycles. The monoisotopic (exact) mass is 405 g/mol. The second-order valence-electron chi connectivity index (χ2n) is 6.38. The smallest absolute Gasteiger partial charge is 0.335 e. The lowest BCUT2D eigenvalue weighted by molar-refractivity contribution is 0.0697. The topological polar surface area (TPSA) is 114 Å². The quantitative estimate of drug-likeness (QED) is 0.627. The van der Waals surface area contributed by atoms with Crippen LogP contribution in [0.2, 0.25) is 0 Å². The number of carbonyl (C=O) groups is 1. The van der Waals surface area contributed by atoms with E-state index in [1.165, 1.54) is 44.4 Å². The molecule has 0 bridgehead atoms. The first kappa shape index (κ1) is 19.8. The van der Waals surface area contributed by atoms with E-state index in [-0.39, 0.29) is 38.1 Å². The molecule has 0 aliphatic rings. The number of aromatic carboxylic acids is 1. The number of benzene rings is 2. The molecule has 2 aromatic carbocycles. The molecule has 9 heteroatoms. The van der Waals surface area contributed by atoms with Gasteiger partial charge in [-0.25, -0.2) is 17.5 Å². The van der Waals surface area contributed by atoms with Gasteiger partial charge in [-0.2, -0.15) is 0 Å². The second-order valence-corrected chi connectivity index (χ2v) is 8.50. The van der Waals surface area contributed by atoms with E-state index in [0.29, 0.717) is 13.0 Å². The number of fused-ring (bicyclic) bond motifs is 2. The molecule has 0 unspecified atom stereocenters. The lowest BCUT2D eigenvalue weighted by atomic mass is 10.1. The van der Waals surface area contributed by atoms with Crippen LogP contribution in [0.5, 0.6) is 5.75 Å². The molecule has 0 radical (unpaired) electrons. The number of sulfonamides is 1. The van der Waals surface area contributed by atoms with Crippen LogP contribution in [0.4, 0.5) is 0 Å². The molecule has 148 valence electrons. The first-order valence-corrected chi connectivity index (χ1v) is 9.94. The predicted molar refractivity (Wildman–Crippen MR) is 104 cm³/mol. The number of carboxylic acids is 1. The molecule has 3 rings (SSSR count). The maximum absolute atomic E-state index is 13.0. The van der Waals surface area contributed by atoms with Gasteiger partial charge in [0.15, 0.2) is 5.58 Å². The third-order valence-electron chi connectivity index (χ3n) is 4.19. The van der Waals surface area contributed by atoms with E-state index in [0.717, 1.165) is 4.31 Å². The molecule has 8 nitrogen and oxygen atoms in total. The van der Waals surface area contributed by atoms with Gasteiger partial charge in [-0.3, -0.25) is 4.79 Å². The zero-order chi connectivity index (χ0) is 20.6. The number of rotatable bonds is 6. The SMILES string of the molecule is CCCOc1cc(S(=O)(=O)N(C)C)c2oc3ccc(C(=O)O)cc3c(=O)c2c1. The molecule has 0 saturated heterocycles. The van der Waals surface area contributed by atoms with Gasteiger partial charge >= 0.3 is 5.97 Å². The summed E-state index contributed by atoms with van der Waals surface area (Å²) in [7, 11) is -1.18. The van der Waals surface area contributed by atoms with Crippen molar-refractivity contribution in [2.24, 2.45) is 0 Å². The molecule has 0 fully saturated rings. The molecular weight excluding hydrogens is 386 g/mol. The maximum atomic E-state index is 13.0. The number of carboxylic acid groups (broad SMARTS) is 1. The molecule has 0 aliphatic heterocycles. The average molecular weight is 405 g/mol. The van der Waals surface area contributed by atoms with E-state index < -0.39 is 21.4 Å². The minimum Gasteiger partial charge on any atom is -0.494 e. The first-order chi connectivity index (χ1) is 13.2. The van der Waals surface area contributed by atoms with Crippen molar-refractivity contribution in [2.45, 2.75) is 18.2 Å². The normalized spacial score (nSPS) is 12.0. The number of nitrogens with zero attached hydrogens (tertiary/aromatic N) is 1. The Labute approximate surface area is 161 Å². The lowest BCUT2D eigenvalue weighted by Gasteiger charge is -2.15. The summed E-state index contributed by atoms with van der Waals surface area (Å²) in [4.78, 5) is 24.0. The third kappa shape index (κ3) is 3.34. The largest absolute Gasteiger partial charge is 0.494 e. The Balaban J connectivity index is 2.44. The molecule has 0 atom stereocenters. The second kappa shape index (κ2) is 7.25. The van der Waals surface area contributed by atoms with Crippen molar-refractivity contribution in [3.8, 4) is 5.75 Å². The van der Waals surface area contributed by atoms with Gasteiger partial charge in [0, 0.05) is 20.2 Å². The fourth-order valence-corrected chi connectivity index (χ4v) is 3.77. The van der Waals surface area contributed by atoms with Gasteiger partial charge in [0.05, 0.1) is 22.9 Å². The van der Waals surface area contributed by atoms with E-state index >= 15 is 0 Å². The van der Waals surface area contributed by atoms with Gasteiger partial charge in [0.2, 0.25) is 15.5 Å². The fourth-order valence-electron chi connectivity index (χ4n) is 2.73. The Hall–Kier alpha value is -2.91. The van der Waals surface area contributed by atoms with Gasteiger partial charge < -0.3 is 14.3 Å². The van der Waals surface area contributed by atoms with E-state index in [1.807, 2.05) is 6.92 Å². The molecule has 28 heavy (non-hydrogen) atoms. The standard InChI is InChI=1S/C19H19NO7S/c1-4-7-26-12-9-14-17(21)13-8-11(19(22)23)5-6-15(13)27-18(14)16(10-12)28(24,25)20(2)3/h5-6,8-10H,4,7H2,1-3H3,(H,22,23).